The molecule has 0 bridgehead atoms. The van der Waals surface area contributed by atoms with Crippen molar-refractivity contribution in [3.05, 3.63) is 54.5 Å². The minimum Gasteiger partial charge on any atom is -0.355 e. The highest BCUT2D eigenvalue weighted by Crippen LogP contribution is 2.22. The Hall–Kier alpha value is -2.74. The molecule has 28 heavy (non-hydrogen) atoms. The van der Waals surface area contributed by atoms with Crippen LogP contribution in [0.15, 0.2) is 43.1 Å². The van der Waals surface area contributed by atoms with E-state index in [-0.39, 0.29) is 0 Å². The predicted molar refractivity (Wildman–Crippen MR) is 106 cm³/mol. The lowest BCUT2D eigenvalue weighted by Crippen LogP contribution is -2.35. The molecule has 3 aromatic rings. The first kappa shape index (κ1) is 17.4. The van der Waals surface area contributed by atoms with E-state index in [1.807, 2.05) is 10.9 Å². The molecule has 0 aliphatic carbocycles. The number of rotatable bonds is 5. The van der Waals surface area contributed by atoms with Crippen molar-refractivity contribution in [3.63, 3.8) is 0 Å². The Morgan fingerprint density at radius 2 is 2.00 bits per heavy atom. The van der Waals surface area contributed by atoms with E-state index in [1.54, 1.807) is 12.4 Å². The molecule has 1 saturated heterocycles. The van der Waals surface area contributed by atoms with Crippen LogP contribution in [0.5, 0.6) is 0 Å². The van der Waals surface area contributed by atoms with E-state index in [1.165, 1.54) is 5.69 Å². The summed E-state index contributed by atoms with van der Waals surface area (Å²) >= 11 is 0. The first-order chi connectivity index (χ1) is 13.8. The maximum Gasteiger partial charge on any atom is 0.147 e. The summed E-state index contributed by atoms with van der Waals surface area (Å²) in [7, 11) is 0. The largest absolute Gasteiger partial charge is 0.355 e. The topological polar surface area (TPSA) is 67.9 Å². The van der Waals surface area contributed by atoms with E-state index in [0.29, 0.717) is 5.92 Å². The summed E-state index contributed by atoms with van der Waals surface area (Å²) in [5.41, 5.74) is 2.45. The highest BCUT2D eigenvalue weighted by Gasteiger charge is 2.22. The summed E-state index contributed by atoms with van der Waals surface area (Å²) in [6, 6.07) is 4.33. The fourth-order valence-corrected chi connectivity index (χ4v) is 4.30. The van der Waals surface area contributed by atoms with Gasteiger partial charge in [-0.2, -0.15) is 0 Å². The van der Waals surface area contributed by atoms with Crippen LogP contribution in [0.1, 0.15) is 24.2 Å². The zero-order valence-electron chi connectivity index (χ0n) is 16.1. The molecule has 146 valence electrons. The molecule has 0 aromatic carbocycles. The Morgan fingerprint density at radius 3 is 2.86 bits per heavy atom. The summed E-state index contributed by atoms with van der Waals surface area (Å²) in [4.78, 5) is 13.4. The Labute approximate surface area is 164 Å². The van der Waals surface area contributed by atoms with Gasteiger partial charge in [0.05, 0.1) is 11.9 Å². The minimum atomic E-state index is 0.640. The highest BCUT2D eigenvalue weighted by molar-refractivity contribution is 5.35. The number of fused-ring (bicyclic) bond motifs is 1. The van der Waals surface area contributed by atoms with Gasteiger partial charge < -0.3 is 9.47 Å². The van der Waals surface area contributed by atoms with Crippen molar-refractivity contribution in [2.75, 3.05) is 24.5 Å². The Kier molecular flexibility index (Phi) is 4.78. The Balaban J connectivity index is 1.12. The second-order valence-electron chi connectivity index (χ2n) is 7.83. The molecule has 0 unspecified atom stereocenters. The van der Waals surface area contributed by atoms with Crippen LogP contribution < -0.4 is 4.90 Å². The van der Waals surface area contributed by atoms with Gasteiger partial charge in [0.25, 0.3) is 0 Å². The molecule has 0 spiro atoms. The molecule has 2 aliphatic rings. The molecule has 5 rings (SSSR count). The smallest absolute Gasteiger partial charge is 0.147 e. The lowest BCUT2D eigenvalue weighted by molar-refractivity contribution is 0.210. The van der Waals surface area contributed by atoms with E-state index in [4.69, 9.17) is 0 Å². The summed E-state index contributed by atoms with van der Waals surface area (Å²) in [5, 5.41) is 8.80. The third-order valence-electron chi connectivity index (χ3n) is 5.87. The molecule has 8 nitrogen and oxygen atoms in total. The fraction of sp³-hybridized carbons (Fsp3) is 0.500. The average molecular weight is 378 g/mol. The molecule has 1 fully saturated rings. The third kappa shape index (κ3) is 3.77. The van der Waals surface area contributed by atoms with E-state index < -0.39 is 0 Å². The van der Waals surface area contributed by atoms with Gasteiger partial charge in [0, 0.05) is 76.3 Å². The zero-order chi connectivity index (χ0) is 18.8. The maximum atomic E-state index is 4.42. The molecule has 0 radical (unpaired) electrons. The van der Waals surface area contributed by atoms with E-state index in [0.717, 1.165) is 70.2 Å². The van der Waals surface area contributed by atoms with Crippen LogP contribution in [0.4, 0.5) is 5.82 Å². The number of nitrogens with zero attached hydrogens (tertiary/aromatic N) is 8. The average Bonchev–Trinajstić information content (AvgIpc) is 3.38. The van der Waals surface area contributed by atoms with Gasteiger partial charge in [0.15, 0.2) is 0 Å². The van der Waals surface area contributed by atoms with Gasteiger partial charge in [0.1, 0.15) is 5.82 Å². The van der Waals surface area contributed by atoms with Crippen molar-refractivity contribution in [1.82, 2.24) is 34.4 Å². The molecule has 0 saturated carbocycles. The van der Waals surface area contributed by atoms with Crippen LogP contribution in [-0.2, 0) is 26.2 Å². The minimum absolute atomic E-state index is 0.640. The van der Waals surface area contributed by atoms with Crippen molar-refractivity contribution >= 4 is 5.82 Å². The van der Waals surface area contributed by atoms with Crippen molar-refractivity contribution in [2.45, 2.75) is 39.0 Å². The van der Waals surface area contributed by atoms with Crippen molar-refractivity contribution in [2.24, 2.45) is 5.92 Å². The Bertz CT molecular complexity index is 894. The monoisotopic (exact) mass is 378 g/mol. The third-order valence-corrected chi connectivity index (χ3v) is 5.87. The summed E-state index contributed by atoms with van der Waals surface area (Å²) in [6.07, 6.45) is 11.9. The van der Waals surface area contributed by atoms with Crippen LogP contribution in [0.25, 0.3) is 0 Å². The molecule has 8 heteroatoms. The molecule has 0 amide bonds. The molecule has 0 N–H and O–H groups in total. The Morgan fingerprint density at radius 1 is 1.07 bits per heavy atom. The zero-order valence-corrected chi connectivity index (χ0v) is 16.1. The van der Waals surface area contributed by atoms with Crippen LogP contribution in [0, 0.1) is 5.92 Å². The quantitative estimate of drug-likeness (QED) is 0.674. The van der Waals surface area contributed by atoms with Gasteiger partial charge in [0.2, 0.25) is 0 Å². The standard InChI is InChI=1S/C20H26N8/c1-2-19-16-25(10-11-26(19)7-1)14-18-15-28(24-23-18)13-17-3-8-27(9-4-17)20-12-21-5-6-22-20/h1-2,5-7,12,15,17H,3-4,8-11,13-14,16H2. The van der Waals surface area contributed by atoms with Crippen molar-refractivity contribution in [3.8, 4) is 0 Å². The van der Waals surface area contributed by atoms with Gasteiger partial charge >= 0.3 is 0 Å². The maximum absolute atomic E-state index is 4.42. The van der Waals surface area contributed by atoms with Gasteiger partial charge in [-0.3, -0.25) is 14.6 Å². The first-order valence-electron chi connectivity index (χ1n) is 10.1. The fourth-order valence-electron chi connectivity index (χ4n) is 4.30. The van der Waals surface area contributed by atoms with Crippen molar-refractivity contribution < 1.29 is 0 Å². The second-order valence-corrected chi connectivity index (χ2v) is 7.83. The number of piperidine rings is 1. The summed E-state index contributed by atoms with van der Waals surface area (Å²) in [5.74, 6) is 1.62. The number of aromatic nitrogens is 6. The summed E-state index contributed by atoms with van der Waals surface area (Å²) < 4.78 is 4.37. The van der Waals surface area contributed by atoms with Crippen LogP contribution >= 0.6 is 0 Å². The van der Waals surface area contributed by atoms with Gasteiger partial charge in [-0.1, -0.05) is 5.21 Å². The number of hydrogen-bond donors (Lipinski definition) is 0. The predicted octanol–water partition coefficient (Wildman–Crippen LogP) is 1.80. The number of anilines is 1. The second kappa shape index (κ2) is 7.71. The normalized spacial score (nSPS) is 18.4. The van der Waals surface area contributed by atoms with E-state index >= 15 is 0 Å². The van der Waals surface area contributed by atoms with E-state index in [2.05, 4.69) is 59.2 Å². The lowest BCUT2D eigenvalue weighted by Gasteiger charge is -2.32. The number of hydrogen-bond acceptors (Lipinski definition) is 6. The molecular weight excluding hydrogens is 352 g/mol. The van der Waals surface area contributed by atoms with Crippen LogP contribution in [0.3, 0.4) is 0 Å². The molecular formula is C20H26N8. The lowest BCUT2D eigenvalue weighted by atomic mass is 9.97. The first-order valence-corrected chi connectivity index (χ1v) is 10.1. The molecule has 3 aromatic heterocycles. The highest BCUT2D eigenvalue weighted by atomic mass is 15.4. The molecule has 5 heterocycles. The summed E-state index contributed by atoms with van der Waals surface area (Å²) in [6.45, 7) is 6.98. The molecule has 0 atom stereocenters. The van der Waals surface area contributed by atoms with Crippen molar-refractivity contribution in [1.29, 1.82) is 0 Å². The van der Waals surface area contributed by atoms with Gasteiger partial charge in [-0.15, -0.1) is 5.10 Å². The van der Waals surface area contributed by atoms with Crippen LogP contribution in [-0.4, -0.2) is 54.1 Å². The van der Waals surface area contributed by atoms with E-state index in [9.17, 15) is 0 Å². The van der Waals surface area contributed by atoms with Gasteiger partial charge in [-0.05, 0) is 30.9 Å². The van der Waals surface area contributed by atoms with Gasteiger partial charge in [-0.25, -0.2) is 4.98 Å². The molecule has 2 aliphatic heterocycles. The van der Waals surface area contributed by atoms with Crippen LogP contribution in [0.2, 0.25) is 0 Å². The SMILES string of the molecule is c1cc2n(c1)CCN(Cc1cn(CC3CCN(c4cnccn4)CC3)nn1)C2.